The molecule has 2 aliphatic rings. The minimum atomic E-state index is -0.987. The number of Topliss-reactive ketones (excluding diaryl/α,β-unsaturated/α-hetero) is 1. The standard InChI is InChI=1S/C32H31N5O6S2/c1-43-23-12-8-21(9-13-23)34-32(40)36-28(25-5-3-19-45-25)27(30(38)20-6-10-22(11-7-20)37(41)42)26(24-4-2-18-44-24)29(36)31(39)35-16-14-33-15-17-35/h2-13,18-19,26-29,33H,14-17H2,1H3,(H,34,40). The summed E-state index contributed by atoms with van der Waals surface area (Å²) in [6.45, 7) is 2.20. The van der Waals surface area contributed by atoms with Gasteiger partial charge in [-0.3, -0.25) is 19.7 Å². The van der Waals surface area contributed by atoms with Crippen molar-refractivity contribution in [2.75, 3.05) is 38.6 Å². The number of hydrogen-bond donors (Lipinski definition) is 2. The van der Waals surface area contributed by atoms with E-state index in [2.05, 4.69) is 10.6 Å². The van der Waals surface area contributed by atoms with Crippen molar-refractivity contribution in [2.24, 2.45) is 5.92 Å². The monoisotopic (exact) mass is 645 g/mol. The molecule has 0 saturated carbocycles. The van der Waals surface area contributed by atoms with Crippen LogP contribution >= 0.6 is 22.7 Å². The highest BCUT2D eigenvalue weighted by molar-refractivity contribution is 7.10. The number of amides is 3. The number of nitrogens with zero attached hydrogens (tertiary/aromatic N) is 3. The summed E-state index contributed by atoms with van der Waals surface area (Å²) in [7, 11) is 1.56. The molecule has 0 bridgehead atoms. The van der Waals surface area contributed by atoms with Crippen molar-refractivity contribution in [2.45, 2.75) is 18.0 Å². The Morgan fingerprint density at radius 2 is 1.58 bits per heavy atom. The first-order chi connectivity index (χ1) is 21.9. The molecule has 11 nitrogen and oxygen atoms in total. The van der Waals surface area contributed by atoms with Crippen LogP contribution in [0.2, 0.25) is 0 Å². The molecule has 4 unspecified atom stereocenters. The maximum atomic E-state index is 14.6. The number of carbonyl (C=O) groups is 3. The first kappa shape index (κ1) is 30.4. The predicted octanol–water partition coefficient (Wildman–Crippen LogP) is 5.40. The summed E-state index contributed by atoms with van der Waals surface area (Å²) in [4.78, 5) is 59.3. The van der Waals surface area contributed by atoms with Gasteiger partial charge in [-0.1, -0.05) is 12.1 Å². The van der Waals surface area contributed by atoms with Crippen molar-refractivity contribution in [3.05, 3.63) is 109 Å². The van der Waals surface area contributed by atoms with Crippen LogP contribution in [0, 0.1) is 16.0 Å². The number of nitro benzene ring substituents is 1. The average molecular weight is 646 g/mol. The molecular formula is C32H31N5O6S2. The number of ether oxygens (including phenoxy) is 1. The third kappa shape index (κ3) is 6.06. The zero-order valence-electron chi connectivity index (χ0n) is 24.3. The van der Waals surface area contributed by atoms with Crippen molar-refractivity contribution < 1.29 is 24.0 Å². The minimum absolute atomic E-state index is 0.130. The van der Waals surface area contributed by atoms with Crippen LogP contribution in [0.4, 0.5) is 16.2 Å². The lowest BCUT2D eigenvalue weighted by atomic mass is 9.79. The normalized spacial score (nSPS) is 21.4. The largest absolute Gasteiger partial charge is 0.497 e. The van der Waals surface area contributed by atoms with Gasteiger partial charge in [0.25, 0.3) is 5.69 Å². The van der Waals surface area contributed by atoms with Crippen LogP contribution in [0.15, 0.2) is 83.6 Å². The van der Waals surface area contributed by atoms with Crippen LogP contribution in [0.1, 0.15) is 32.1 Å². The highest BCUT2D eigenvalue weighted by Crippen LogP contribution is 2.53. The number of nitrogens with one attached hydrogen (secondary N) is 2. The van der Waals surface area contributed by atoms with E-state index in [9.17, 15) is 24.5 Å². The molecular weight excluding hydrogens is 615 g/mol. The van der Waals surface area contributed by atoms with E-state index in [1.165, 1.54) is 46.9 Å². The fraction of sp³-hybridized carbons (Fsp3) is 0.281. The number of ketones is 1. The van der Waals surface area contributed by atoms with Gasteiger partial charge in [0.2, 0.25) is 5.91 Å². The molecule has 0 aliphatic carbocycles. The van der Waals surface area contributed by atoms with E-state index in [-0.39, 0.29) is 22.9 Å². The number of hydrogen-bond acceptors (Lipinski definition) is 9. The molecule has 2 aliphatic heterocycles. The fourth-order valence-electron chi connectivity index (χ4n) is 6.21. The lowest BCUT2D eigenvalue weighted by molar-refractivity contribution is -0.384. The number of urea groups is 1. The minimum Gasteiger partial charge on any atom is -0.497 e. The number of nitro groups is 1. The fourth-order valence-corrected chi connectivity index (χ4v) is 7.98. The Bertz CT molecular complexity index is 1650. The van der Waals surface area contributed by atoms with Gasteiger partial charge in [0.15, 0.2) is 5.78 Å². The Labute approximate surface area is 267 Å². The van der Waals surface area contributed by atoms with Gasteiger partial charge >= 0.3 is 6.03 Å². The SMILES string of the molecule is COc1ccc(NC(=O)N2C(C(=O)N3CCNCC3)C(c3cccs3)C(C(=O)c3ccc([N+](=O)[O-])cc3)C2c2cccs2)cc1. The third-order valence-electron chi connectivity index (χ3n) is 8.30. The van der Waals surface area contributed by atoms with E-state index in [4.69, 9.17) is 4.74 Å². The number of rotatable bonds is 8. The maximum absolute atomic E-state index is 14.6. The summed E-state index contributed by atoms with van der Waals surface area (Å²) in [6.07, 6.45) is 0. The van der Waals surface area contributed by atoms with Gasteiger partial charge in [-0.05, 0) is 59.3 Å². The third-order valence-corrected chi connectivity index (χ3v) is 10.2. The smallest absolute Gasteiger partial charge is 0.323 e. The summed E-state index contributed by atoms with van der Waals surface area (Å²) < 4.78 is 5.26. The molecule has 2 aromatic heterocycles. The van der Waals surface area contributed by atoms with E-state index < -0.39 is 34.9 Å². The quantitative estimate of drug-likeness (QED) is 0.149. The Kier molecular flexibility index (Phi) is 8.92. The Morgan fingerprint density at radius 1 is 0.933 bits per heavy atom. The molecule has 4 atom stereocenters. The molecule has 2 fully saturated rings. The number of piperazine rings is 1. The van der Waals surface area contributed by atoms with Gasteiger partial charge in [-0.15, -0.1) is 22.7 Å². The Morgan fingerprint density at radius 3 is 2.16 bits per heavy atom. The number of methoxy groups -OCH3 is 1. The van der Waals surface area contributed by atoms with E-state index in [1.54, 1.807) is 41.2 Å². The van der Waals surface area contributed by atoms with E-state index in [0.29, 0.717) is 37.6 Å². The summed E-state index contributed by atoms with van der Waals surface area (Å²) >= 11 is 2.85. The topological polar surface area (TPSA) is 134 Å². The van der Waals surface area contributed by atoms with Crippen LogP contribution in [-0.2, 0) is 4.79 Å². The molecule has 2 aromatic carbocycles. The molecule has 45 heavy (non-hydrogen) atoms. The zero-order chi connectivity index (χ0) is 31.5. The summed E-state index contributed by atoms with van der Waals surface area (Å²) in [5, 5.41) is 21.4. The van der Waals surface area contributed by atoms with Crippen molar-refractivity contribution in [3.8, 4) is 5.75 Å². The summed E-state index contributed by atoms with van der Waals surface area (Å²) in [6, 6.07) is 17.6. The van der Waals surface area contributed by atoms with Crippen molar-refractivity contribution >= 4 is 51.8 Å². The number of carbonyl (C=O) groups excluding carboxylic acids is 3. The van der Waals surface area contributed by atoms with E-state index >= 15 is 0 Å². The number of thiophene rings is 2. The molecule has 0 spiro atoms. The molecule has 2 saturated heterocycles. The van der Waals surface area contributed by atoms with Crippen molar-refractivity contribution in [1.82, 2.24) is 15.1 Å². The summed E-state index contributed by atoms with van der Waals surface area (Å²) in [5.41, 5.74) is 0.659. The van der Waals surface area contributed by atoms with Gasteiger partial charge in [0, 0.05) is 65.2 Å². The Hall–Kier alpha value is -4.59. The molecule has 0 radical (unpaired) electrons. The molecule has 4 aromatic rings. The second-order valence-corrected chi connectivity index (χ2v) is 12.7. The lowest BCUT2D eigenvalue weighted by Crippen LogP contribution is -2.55. The number of anilines is 1. The Balaban J connectivity index is 1.50. The molecule has 232 valence electrons. The number of likely N-dealkylation sites (tertiary alicyclic amines) is 1. The maximum Gasteiger partial charge on any atom is 0.323 e. The van der Waals surface area contributed by atoms with Crippen LogP contribution in [-0.4, -0.2) is 71.8 Å². The molecule has 13 heteroatoms. The van der Waals surface area contributed by atoms with Crippen LogP contribution in [0.3, 0.4) is 0 Å². The van der Waals surface area contributed by atoms with E-state index in [0.717, 1.165) is 9.75 Å². The van der Waals surface area contributed by atoms with Crippen LogP contribution in [0.25, 0.3) is 0 Å². The second kappa shape index (κ2) is 13.2. The highest BCUT2D eigenvalue weighted by atomic mass is 32.1. The van der Waals surface area contributed by atoms with Crippen molar-refractivity contribution in [1.29, 1.82) is 0 Å². The van der Waals surface area contributed by atoms with Gasteiger partial charge in [0.05, 0.1) is 24.0 Å². The van der Waals surface area contributed by atoms with Gasteiger partial charge in [-0.2, -0.15) is 0 Å². The highest BCUT2D eigenvalue weighted by Gasteiger charge is 2.59. The van der Waals surface area contributed by atoms with Crippen LogP contribution < -0.4 is 15.4 Å². The zero-order valence-corrected chi connectivity index (χ0v) is 26.0. The molecule has 6 rings (SSSR count). The molecule has 4 heterocycles. The van der Waals surface area contributed by atoms with Gasteiger partial charge < -0.3 is 25.2 Å². The average Bonchev–Trinajstić information content (AvgIpc) is 3.85. The predicted molar refractivity (Wildman–Crippen MR) is 172 cm³/mol. The second-order valence-electron chi connectivity index (χ2n) is 10.8. The summed E-state index contributed by atoms with van der Waals surface area (Å²) in [5.74, 6) is -1.39. The van der Waals surface area contributed by atoms with Crippen LogP contribution in [0.5, 0.6) is 5.75 Å². The van der Waals surface area contributed by atoms with E-state index in [1.807, 2.05) is 35.0 Å². The first-order valence-corrected chi connectivity index (χ1v) is 16.2. The lowest BCUT2D eigenvalue weighted by Gasteiger charge is -2.36. The van der Waals surface area contributed by atoms with Crippen molar-refractivity contribution in [3.63, 3.8) is 0 Å². The molecule has 2 N–H and O–H groups in total. The first-order valence-electron chi connectivity index (χ1n) is 14.5. The van der Waals surface area contributed by atoms with Gasteiger partial charge in [-0.25, -0.2) is 4.79 Å². The molecule has 3 amide bonds. The number of non-ortho nitro benzene ring substituents is 1. The number of benzene rings is 2. The van der Waals surface area contributed by atoms with Gasteiger partial charge in [0.1, 0.15) is 11.8 Å².